The molecule has 0 atom stereocenters. The van der Waals surface area contributed by atoms with Gasteiger partial charge >= 0.3 is 6.03 Å². The van der Waals surface area contributed by atoms with Crippen LogP contribution in [-0.2, 0) is 10.0 Å². The van der Waals surface area contributed by atoms with Gasteiger partial charge in [-0.05, 0) is 30.9 Å². The highest BCUT2D eigenvalue weighted by atomic mass is 35.5. The molecule has 2 heterocycles. The molecular weight excluding hydrogens is 346 g/mol. The Hall–Kier alpha value is -0.830. The summed E-state index contributed by atoms with van der Waals surface area (Å²) < 4.78 is 27.6. The van der Waals surface area contributed by atoms with Gasteiger partial charge in [-0.1, -0.05) is 11.6 Å². The van der Waals surface area contributed by atoms with Gasteiger partial charge in [-0.25, -0.2) is 17.9 Å². The largest absolute Gasteiger partial charge is 0.331 e. The Bertz CT molecular complexity index is 622. The van der Waals surface area contributed by atoms with Crippen molar-refractivity contribution in [3.8, 4) is 0 Å². The van der Waals surface area contributed by atoms with Gasteiger partial charge in [0.05, 0.1) is 4.34 Å². The molecule has 1 aromatic rings. The van der Waals surface area contributed by atoms with Crippen LogP contribution in [0, 0.1) is 5.92 Å². The van der Waals surface area contributed by atoms with Crippen molar-refractivity contribution in [2.75, 3.05) is 33.7 Å². The third-order valence-corrected chi connectivity index (χ3v) is 6.79. The van der Waals surface area contributed by atoms with Crippen molar-refractivity contribution in [1.29, 1.82) is 0 Å². The van der Waals surface area contributed by atoms with E-state index in [2.05, 4.69) is 4.72 Å². The molecule has 0 aromatic carbocycles. The molecule has 1 saturated heterocycles. The van der Waals surface area contributed by atoms with Gasteiger partial charge in [0, 0.05) is 33.7 Å². The van der Waals surface area contributed by atoms with E-state index in [1.807, 2.05) is 0 Å². The number of urea groups is 1. The first kappa shape index (κ1) is 17.5. The summed E-state index contributed by atoms with van der Waals surface area (Å²) in [4.78, 5) is 15.2. The van der Waals surface area contributed by atoms with Gasteiger partial charge in [-0.3, -0.25) is 0 Å². The van der Waals surface area contributed by atoms with Crippen LogP contribution in [0.4, 0.5) is 4.79 Å². The van der Waals surface area contributed by atoms with Gasteiger partial charge < -0.3 is 9.80 Å². The molecule has 0 radical (unpaired) electrons. The highest BCUT2D eigenvalue weighted by molar-refractivity contribution is 7.91. The second-order valence-corrected chi connectivity index (χ2v) is 9.23. The smallest absolute Gasteiger partial charge is 0.319 e. The first-order valence-electron chi connectivity index (χ1n) is 7.01. The number of carbonyl (C=O) groups excluding carboxylic acids is 1. The van der Waals surface area contributed by atoms with E-state index in [-0.39, 0.29) is 16.2 Å². The van der Waals surface area contributed by atoms with Crippen LogP contribution in [0.15, 0.2) is 16.3 Å². The van der Waals surface area contributed by atoms with E-state index in [1.165, 1.54) is 6.07 Å². The number of thiophene rings is 1. The van der Waals surface area contributed by atoms with Crippen LogP contribution in [0.5, 0.6) is 0 Å². The summed E-state index contributed by atoms with van der Waals surface area (Å²) in [5, 5.41) is 0. The molecule has 1 aromatic heterocycles. The summed E-state index contributed by atoms with van der Waals surface area (Å²) in [6.45, 7) is 1.71. The van der Waals surface area contributed by atoms with E-state index in [1.54, 1.807) is 30.0 Å². The lowest BCUT2D eigenvalue weighted by atomic mass is 9.97. The fourth-order valence-electron chi connectivity index (χ4n) is 2.35. The summed E-state index contributed by atoms with van der Waals surface area (Å²) in [7, 11) is -0.0251. The molecule has 6 nitrogen and oxygen atoms in total. The summed E-state index contributed by atoms with van der Waals surface area (Å²) in [6.07, 6.45) is 1.60. The van der Waals surface area contributed by atoms with Crippen LogP contribution in [0.25, 0.3) is 0 Å². The first-order chi connectivity index (χ1) is 10.3. The number of nitrogens with zero attached hydrogens (tertiary/aromatic N) is 2. The molecule has 0 unspecified atom stereocenters. The van der Waals surface area contributed by atoms with Crippen LogP contribution in [0.3, 0.4) is 0 Å². The number of amides is 2. The zero-order chi connectivity index (χ0) is 16.3. The van der Waals surface area contributed by atoms with E-state index >= 15 is 0 Å². The summed E-state index contributed by atoms with van der Waals surface area (Å²) >= 11 is 6.82. The highest BCUT2D eigenvalue weighted by Gasteiger charge is 2.25. The van der Waals surface area contributed by atoms with Gasteiger partial charge in [0.15, 0.2) is 0 Å². The Morgan fingerprint density at radius 2 is 2.05 bits per heavy atom. The Labute approximate surface area is 140 Å². The SMILES string of the molecule is CN(C)C(=O)N1CCC(CNS(=O)(=O)c2ccc(Cl)s2)CC1. The Morgan fingerprint density at radius 3 is 2.55 bits per heavy atom. The third kappa shape index (κ3) is 4.34. The van der Waals surface area contributed by atoms with Gasteiger partial charge in [-0.2, -0.15) is 0 Å². The lowest BCUT2D eigenvalue weighted by molar-refractivity contribution is 0.148. The second kappa shape index (κ2) is 7.16. The first-order valence-corrected chi connectivity index (χ1v) is 9.68. The van der Waals surface area contributed by atoms with Crippen molar-refractivity contribution in [1.82, 2.24) is 14.5 Å². The molecule has 0 spiro atoms. The van der Waals surface area contributed by atoms with E-state index in [0.717, 1.165) is 24.2 Å². The quantitative estimate of drug-likeness (QED) is 0.888. The zero-order valence-corrected chi connectivity index (χ0v) is 15.0. The number of hydrogen-bond donors (Lipinski definition) is 1. The van der Waals surface area contributed by atoms with E-state index < -0.39 is 10.0 Å². The minimum Gasteiger partial charge on any atom is -0.331 e. The van der Waals surface area contributed by atoms with Crippen LogP contribution < -0.4 is 4.72 Å². The van der Waals surface area contributed by atoms with Gasteiger partial charge in [0.1, 0.15) is 4.21 Å². The summed E-state index contributed by atoms with van der Waals surface area (Å²) in [5.41, 5.74) is 0. The van der Waals surface area contributed by atoms with Crippen LogP contribution >= 0.6 is 22.9 Å². The zero-order valence-electron chi connectivity index (χ0n) is 12.6. The van der Waals surface area contributed by atoms with Crippen molar-refractivity contribution in [2.24, 2.45) is 5.92 Å². The number of hydrogen-bond acceptors (Lipinski definition) is 4. The molecule has 1 aliphatic rings. The van der Waals surface area contributed by atoms with E-state index in [4.69, 9.17) is 11.6 Å². The second-order valence-electron chi connectivity index (χ2n) is 5.52. The number of sulfonamides is 1. The molecule has 9 heteroatoms. The predicted molar refractivity (Wildman–Crippen MR) is 87.9 cm³/mol. The van der Waals surface area contributed by atoms with Crippen LogP contribution in [-0.4, -0.2) is 58.0 Å². The number of halogens is 1. The molecule has 0 saturated carbocycles. The molecule has 1 aliphatic heterocycles. The van der Waals surface area contributed by atoms with E-state index in [9.17, 15) is 13.2 Å². The maximum atomic E-state index is 12.1. The normalized spacial score (nSPS) is 16.8. The number of piperidine rings is 1. The van der Waals surface area contributed by atoms with Gasteiger partial charge in [0.25, 0.3) is 0 Å². The monoisotopic (exact) mass is 365 g/mol. The molecular formula is C13H20ClN3O3S2. The fourth-order valence-corrected chi connectivity index (χ4v) is 5.00. The molecule has 124 valence electrons. The van der Waals surface area contributed by atoms with Crippen LogP contribution in [0.2, 0.25) is 4.34 Å². The summed E-state index contributed by atoms with van der Waals surface area (Å²) in [5.74, 6) is 0.247. The molecule has 0 aliphatic carbocycles. The molecule has 22 heavy (non-hydrogen) atoms. The average Bonchev–Trinajstić information content (AvgIpc) is 2.92. The molecule has 1 fully saturated rings. The van der Waals surface area contributed by atoms with Crippen molar-refractivity contribution in [2.45, 2.75) is 17.1 Å². The average molecular weight is 366 g/mol. The molecule has 2 amide bonds. The maximum absolute atomic E-state index is 12.1. The van der Waals surface area contributed by atoms with Crippen molar-refractivity contribution in [3.05, 3.63) is 16.5 Å². The van der Waals surface area contributed by atoms with E-state index in [0.29, 0.717) is 24.0 Å². The fraction of sp³-hybridized carbons (Fsp3) is 0.615. The number of likely N-dealkylation sites (tertiary alicyclic amines) is 1. The van der Waals surface area contributed by atoms with Gasteiger partial charge in [-0.15, -0.1) is 11.3 Å². The molecule has 2 rings (SSSR count). The van der Waals surface area contributed by atoms with Crippen molar-refractivity contribution < 1.29 is 13.2 Å². The topological polar surface area (TPSA) is 69.7 Å². The van der Waals surface area contributed by atoms with Crippen molar-refractivity contribution >= 4 is 39.0 Å². The Morgan fingerprint density at radius 1 is 1.41 bits per heavy atom. The lowest BCUT2D eigenvalue weighted by Crippen LogP contribution is -2.45. The number of nitrogens with one attached hydrogen (secondary N) is 1. The third-order valence-electron chi connectivity index (χ3n) is 3.64. The Balaban J connectivity index is 1.83. The minimum atomic E-state index is -3.49. The number of rotatable bonds is 4. The maximum Gasteiger partial charge on any atom is 0.319 e. The van der Waals surface area contributed by atoms with Crippen LogP contribution in [0.1, 0.15) is 12.8 Å². The minimum absolute atomic E-state index is 0.00672. The highest BCUT2D eigenvalue weighted by Crippen LogP contribution is 2.26. The number of carbonyl (C=O) groups is 1. The molecule has 1 N–H and O–H groups in total. The van der Waals surface area contributed by atoms with Gasteiger partial charge in [0.2, 0.25) is 10.0 Å². The predicted octanol–water partition coefficient (Wildman–Crippen LogP) is 2.07. The summed E-state index contributed by atoms with van der Waals surface area (Å²) in [6, 6.07) is 3.09. The standard InChI is InChI=1S/C13H20ClN3O3S2/c1-16(2)13(18)17-7-5-10(6-8-17)9-15-22(19,20)12-4-3-11(14)21-12/h3-4,10,15H,5-9H2,1-2H3. The Kier molecular flexibility index (Phi) is 5.70. The lowest BCUT2D eigenvalue weighted by Gasteiger charge is -2.33. The molecule has 0 bridgehead atoms. The van der Waals surface area contributed by atoms with Crippen molar-refractivity contribution in [3.63, 3.8) is 0 Å².